The van der Waals surface area contributed by atoms with Crippen molar-refractivity contribution >= 4 is 5.69 Å². The van der Waals surface area contributed by atoms with Crippen molar-refractivity contribution < 1.29 is 0 Å². The molecule has 0 amide bonds. The smallest absolute Gasteiger partial charge is 0.0349 e. The van der Waals surface area contributed by atoms with Crippen molar-refractivity contribution in [3.63, 3.8) is 0 Å². The second-order valence-electron chi connectivity index (χ2n) is 6.95. The van der Waals surface area contributed by atoms with Gasteiger partial charge in [-0.05, 0) is 47.9 Å². The van der Waals surface area contributed by atoms with Crippen molar-refractivity contribution in [3.8, 4) is 0 Å². The van der Waals surface area contributed by atoms with Crippen molar-refractivity contribution in [2.75, 3.05) is 5.73 Å². The Bertz CT molecular complexity index is 628. The average molecular weight is 293 g/mol. The summed E-state index contributed by atoms with van der Waals surface area (Å²) in [4.78, 5) is 0. The van der Waals surface area contributed by atoms with Gasteiger partial charge in [-0.25, -0.2) is 0 Å². The minimum Gasteiger partial charge on any atom is -0.398 e. The van der Waals surface area contributed by atoms with Crippen LogP contribution in [0.2, 0.25) is 0 Å². The molecule has 0 saturated heterocycles. The number of nitrogen functional groups attached to an aromatic ring is 1. The van der Waals surface area contributed by atoms with Crippen molar-refractivity contribution in [3.05, 3.63) is 65.2 Å². The van der Waals surface area contributed by atoms with Crippen molar-refractivity contribution in [2.45, 2.75) is 51.4 Å². The highest BCUT2D eigenvalue weighted by molar-refractivity contribution is 5.53. The number of anilines is 1. The monoisotopic (exact) mass is 293 g/mol. The Morgan fingerprint density at radius 3 is 2.36 bits per heavy atom. The summed E-state index contributed by atoms with van der Waals surface area (Å²) in [6.45, 7) is 4.54. The number of nitrogens with two attached hydrogens (primary N) is 1. The number of benzene rings is 2. The molecule has 1 nitrogen and oxygen atoms in total. The van der Waals surface area contributed by atoms with E-state index in [1.165, 1.54) is 42.4 Å². The zero-order chi connectivity index (χ0) is 15.6. The lowest BCUT2D eigenvalue weighted by atomic mass is 9.72. The van der Waals surface area contributed by atoms with Crippen LogP contribution in [-0.2, 0) is 11.8 Å². The molecule has 0 radical (unpaired) electrons. The van der Waals surface area contributed by atoms with Gasteiger partial charge in [-0.1, -0.05) is 69.2 Å². The van der Waals surface area contributed by atoms with E-state index in [4.69, 9.17) is 5.73 Å². The minimum absolute atomic E-state index is 0.0598. The lowest BCUT2D eigenvalue weighted by Crippen LogP contribution is -2.24. The van der Waals surface area contributed by atoms with Gasteiger partial charge >= 0.3 is 0 Å². The summed E-state index contributed by atoms with van der Waals surface area (Å²) < 4.78 is 0. The Morgan fingerprint density at radius 2 is 1.77 bits per heavy atom. The summed E-state index contributed by atoms with van der Waals surface area (Å²) in [6, 6.07) is 17.6. The van der Waals surface area contributed by atoms with Gasteiger partial charge in [-0.3, -0.25) is 0 Å². The molecule has 1 unspecified atom stereocenters. The van der Waals surface area contributed by atoms with Crippen LogP contribution in [0.15, 0.2) is 48.5 Å². The van der Waals surface area contributed by atoms with Crippen LogP contribution in [0.4, 0.5) is 5.69 Å². The quantitative estimate of drug-likeness (QED) is 0.716. The fourth-order valence-corrected chi connectivity index (χ4v) is 3.42. The molecule has 1 saturated carbocycles. The van der Waals surface area contributed by atoms with Crippen LogP contribution in [0.25, 0.3) is 0 Å². The number of hydrogen-bond acceptors (Lipinski definition) is 1. The van der Waals surface area contributed by atoms with Crippen LogP contribution >= 0.6 is 0 Å². The Morgan fingerprint density at radius 1 is 1.05 bits per heavy atom. The van der Waals surface area contributed by atoms with E-state index in [1.807, 2.05) is 0 Å². The number of rotatable bonds is 6. The molecule has 0 bridgehead atoms. The van der Waals surface area contributed by atoms with Gasteiger partial charge in [-0.15, -0.1) is 0 Å². The van der Waals surface area contributed by atoms with E-state index in [1.54, 1.807) is 0 Å². The fraction of sp³-hybridized carbons (Fsp3) is 0.429. The largest absolute Gasteiger partial charge is 0.398 e. The van der Waals surface area contributed by atoms with Gasteiger partial charge in [0.1, 0.15) is 0 Å². The summed E-state index contributed by atoms with van der Waals surface area (Å²) in [7, 11) is 0. The maximum absolute atomic E-state index is 6.27. The topological polar surface area (TPSA) is 26.0 Å². The Kier molecular flexibility index (Phi) is 4.24. The second kappa shape index (κ2) is 6.16. The Hall–Kier alpha value is -1.76. The third kappa shape index (κ3) is 3.04. The third-order valence-corrected chi connectivity index (χ3v) is 5.32. The molecule has 0 spiro atoms. The first kappa shape index (κ1) is 15.1. The zero-order valence-electron chi connectivity index (χ0n) is 13.8. The summed E-state index contributed by atoms with van der Waals surface area (Å²) in [5.74, 6) is 0.954. The van der Waals surface area contributed by atoms with E-state index in [-0.39, 0.29) is 5.41 Å². The molecule has 116 valence electrons. The second-order valence-corrected chi connectivity index (χ2v) is 6.95. The Balaban J connectivity index is 1.98. The molecule has 2 aromatic carbocycles. The molecule has 2 aromatic rings. The summed E-state index contributed by atoms with van der Waals surface area (Å²) in [6.07, 6.45) is 6.35. The van der Waals surface area contributed by atoms with Gasteiger partial charge in [0.05, 0.1) is 0 Å². The average Bonchev–Trinajstić information content (AvgIpc) is 3.38. The van der Waals surface area contributed by atoms with Gasteiger partial charge in [0, 0.05) is 11.1 Å². The number of aryl methyl sites for hydroxylation is 1. The maximum atomic E-state index is 6.27. The molecule has 1 aliphatic carbocycles. The van der Waals surface area contributed by atoms with E-state index < -0.39 is 0 Å². The lowest BCUT2D eigenvalue weighted by Gasteiger charge is -2.32. The highest BCUT2D eigenvalue weighted by Crippen LogP contribution is 2.42. The predicted octanol–water partition coefficient (Wildman–Crippen LogP) is 5.33. The fourth-order valence-electron chi connectivity index (χ4n) is 3.42. The number of hydrogen-bond donors (Lipinski definition) is 1. The van der Waals surface area contributed by atoms with Gasteiger partial charge in [-0.2, -0.15) is 0 Å². The standard InChI is InChI=1S/C21H27N/c1-3-17-11-12-19(15-20(17)22)21(2,14-13-16-9-10-16)18-7-5-4-6-8-18/h4-8,11-12,15-16H,3,9-10,13-14,22H2,1-2H3. The predicted molar refractivity (Wildman–Crippen MR) is 95.1 cm³/mol. The van der Waals surface area contributed by atoms with E-state index in [0.717, 1.165) is 18.0 Å². The van der Waals surface area contributed by atoms with Gasteiger partial charge in [0.15, 0.2) is 0 Å². The minimum atomic E-state index is 0.0598. The molecule has 22 heavy (non-hydrogen) atoms. The van der Waals surface area contributed by atoms with Crippen LogP contribution in [0.5, 0.6) is 0 Å². The summed E-state index contributed by atoms with van der Waals surface area (Å²) in [5.41, 5.74) is 11.3. The van der Waals surface area contributed by atoms with Crippen LogP contribution < -0.4 is 5.73 Å². The first-order valence-electron chi connectivity index (χ1n) is 8.58. The van der Waals surface area contributed by atoms with Crippen molar-refractivity contribution in [1.29, 1.82) is 0 Å². The van der Waals surface area contributed by atoms with Crippen molar-refractivity contribution in [2.24, 2.45) is 5.92 Å². The third-order valence-electron chi connectivity index (χ3n) is 5.32. The van der Waals surface area contributed by atoms with E-state index in [2.05, 4.69) is 62.4 Å². The van der Waals surface area contributed by atoms with Crippen molar-refractivity contribution in [1.82, 2.24) is 0 Å². The molecule has 0 heterocycles. The van der Waals surface area contributed by atoms with Gasteiger partial charge in [0.25, 0.3) is 0 Å². The SMILES string of the molecule is CCc1ccc(C(C)(CCC2CC2)c2ccccc2)cc1N. The zero-order valence-corrected chi connectivity index (χ0v) is 13.8. The van der Waals surface area contributed by atoms with Crippen LogP contribution in [0, 0.1) is 5.92 Å². The molecule has 1 atom stereocenters. The molecule has 0 aliphatic heterocycles. The summed E-state index contributed by atoms with van der Waals surface area (Å²) >= 11 is 0. The molecule has 1 heteroatoms. The molecule has 2 N–H and O–H groups in total. The molecule has 0 aromatic heterocycles. The van der Waals surface area contributed by atoms with Gasteiger partial charge in [0.2, 0.25) is 0 Å². The lowest BCUT2D eigenvalue weighted by molar-refractivity contribution is 0.477. The van der Waals surface area contributed by atoms with E-state index >= 15 is 0 Å². The normalized spacial score (nSPS) is 17.2. The molecular formula is C21H27N. The molecule has 3 rings (SSSR count). The Labute approximate surface area is 134 Å². The van der Waals surface area contributed by atoms with Gasteiger partial charge < -0.3 is 5.73 Å². The van der Waals surface area contributed by atoms with Crippen LogP contribution in [0.1, 0.15) is 56.2 Å². The maximum Gasteiger partial charge on any atom is 0.0349 e. The first-order chi connectivity index (χ1) is 10.6. The van der Waals surface area contributed by atoms with Crippen LogP contribution in [-0.4, -0.2) is 0 Å². The highest BCUT2D eigenvalue weighted by atomic mass is 14.6. The van der Waals surface area contributed by atoms with Crippen LogP contribution in [0.3, 0.4) is 0 Å². The molecular weight excluding hydrogens is 266 g/mol. The molecule has 1 fully saturated rings. The first-order valence-corrected chi connectivity index (χ1v) is 8.58. The summed E-state index contributed by atoms with van der Waals surface area (Å²) in [5, 5.41) is 0. The highest BCUT2D eigenvalue weighted by Gasteiger charge is 2.32. The molecule has 1 aliphatic rings. The van der Waals surface area contributed by atoms with E-state index in [9.17, 15) is 0 Å². The van der Waals surface area contributed by atoms with E-state index in [0.29, 0.717) is 0 Å².